The van der Waals surface area contributed by atoms with E-state index in [1.165, 1.54) is 6.07 Å². The molecule has 0 aromatic heterocycles. The Hall–Kier alpha value is -0.800. The van der Waals surface area contributed by atoms with E-state index in [0.717, 1.165) is 31.5 Å². The number of nitrogens with one attached hydrogen (secondary N) is 1. The van der Waals surface area contributed by atoms with E-state index >= 15 is 0 Å². The lowest BCUT2D eigenvalue weighted by molar-refractivity contribution is 0.217. The van der Waals surface area contributed by atoms with Gasteiger partial charge in [0.05, 0.1) is 6.61 Å². The van der Waals surface area contributed by atoms with Gasteiger partial charge in [-0.05, 0) is 32.0 Å². The summed E-state index contributed by atoms with van der Waals surface area (Å²) >= 11 is 0. The smallest absolute Gasteiger partial charge is 0.165 e. The van der Waals surface area contributed by atoms with Crippen LogP contribution in [0, 0.1) is 5.82 Å². The minimum absolute atomic E-state index is 0. The molecule has 1 spiro atoms. The van der Waals surface area contributed by atoms with Crippen molar-refractivity contribution in [2.24, 2.45) is 0 Å². The summed E-state index contributed by atoms with van der Waals surface area (Å²) < 4.78 is 19.0. The van der Waals surface area contributed by atoms with E-state index in [2.05, 4.69) is 5.32 Å². The highest BCUT2D eigenvalue weighted by atomic mass is 35.5. The Morgan fingerprint density at radius 1 is 1.25 bits per heavy atom. The van der Waals surface area contributed by atoms with Crippen LogP contribution in [0.25, 0.3) is 0 Å². The van der Waals surface area contributed by atoms with Gasteiger partial charge in [-0.1, -0.05) is 12.1 Å². The van der Waals surface area contributed by atoms with Crippen LogP contribution in [0.2, 0.25) is 0 Å². The standard InChI is InChI=1S/C12H14FNO.ClH/c13-10-3-1-2-9-11(10)15-8-12(9)4-6-14-7-5-12;/h1-3,14H,4-8H2;1H. The molecule has 0 aliphatic carbocycles. The molecule has 1 fully saturated rings. The zero-order chi connectivity index (χ0) is 10.3. The van der Waals surface area contributed by atoms with Crippen LogP contribution in [-0.4, -0.2) is 19.7 Å². The number of benzene rings is 1. The fourth-order valence-corrected chi connectivity index (χ4v) is 2.68. The van der Waals surface area contributed by atoms with Gasteiger partial charge in [-0.15, -0.1) is 12.4 Å². The molecule has 0 saturated carbocycles. The van der Waals surface area contributed by atoms with Crippen LogP contribution in [0.15, 0.2) is 18.2 Å². The summed E-state index contributed by atoms with van der Waals surface area (Å²) in [6, 6.07) is 5.27. The molecule has 2 aliphatic heterocycles. The molecular formula is C12H15ClFNO. The third-order valence-corrected chi connectivity index (χ3v) is 3.59. The third-order valence-electron chi connectivity index (χ3n) is 3.59. The Labute approximate surface area is 101 Å². The number of rotatable bonds is 0. The average molecular weight is 244 g/mol. The van der Waals surface area contributed by atoms with Crippen LogP contribution in [0.3, 0.4) is 0 Å². The number of piperidine rings is 1. The van der Waals surface area contributed by atoms with Crippen LogP contribution in [-0.2, 0) is 5.41 Å². The number of halogens is 2. The molecule has 4 heteroatoms. The molecule has 16 heavy (non-hydrogen) atoms. The number of para-hydroxylation sites is 1. The van der Waals surface area contributed by atoms with Gasteiger partial charge in [0.1, 0.15) is 0 Å². The fraction of sp³-hybridized carbons (Fsp3) is 0.500. The molecule has 2 heterocycles. The zero-order valence-electron chi connectivity index (χ0n) is 8.96. The molecule has 1 saturated heterocycles. The van der Waals surface area contributed by atoms with Crippen molar-refractivity contribution < 1.29 is 9.13 Å². The summed E-state index contributed by atoms with van der Waals surface area (Å²) in [4.78, 5) is 0. The van der Waals surface area contributed by atoms with Gasteiger partial charge >= 0.3 is 0 Å². The first-order valence-electron chi connectivity index (χ1n) is 5.44. The molecule has 1 N–H and O–H groups in total. The molecule has 2 aliphatic rings. The van der Waals surface area contributed by atoms with Crippen molar-refractivity contribution in [1.29, 1.82) is 0 Å². The Morgan fingerprint density at radius 2 is 2.00 bits per heavy atom. The Morgan fingerprint density at radius 3 is 2.75 bits per heavy atom. The van der Waals surface area contributed by atoms with E-state index in [0.29, 0.717) is 12.4 Å². The molecule has 0 bridgehead atoms. The molecule has 0 unspecified atom stereocenters. The van der Waals surface area contributed by atoms with E-state index in [4.69, 9.17) is 4.74 Å². The fourth-order valence-electron chi connectivity index (χ4n) is 2.68. The molecule has 88 valence electrons. The Kier molecular flexibility index (Phi) is 3.08. The number of hydrogen-bond acceptors (Lipinski definition) is 2. The lowest BCUT2D eigenvalue weighted by Crippen LogP contribution is -2.40. The SMILES string of the molecule is Cl.Fc1cccc2c1OCC21CCNCC1. The van der Waals surface area contributed by atoms with Crippen molar-refractivity contribution in [3.63, 3.8) is 0 Å². The second-order valence-corrected chi connectivity index (χ2v) is 4.44. The van der Waals surface area contributed by atoms with Gasteiger partial charge in [0.15, 0.2) is 11.6 Å². The molecule has 2 nitrogen and oxygen atoms in total. The van der Waals surface area contributed by atoms with Gasteiger partial charge < -0.3 is 10.1 Å². The first-order chi connectivity index (χ1) is 7.32. The maximum atomic E-state index is 13.5. The summed E-state index contributed by atoms with van der Waals surface area (Å²) in [5.74, 6) is 0.266. The van der Waals surface area contributed by atoms with Crippen LogP contribution in [0.1, 0.15) is 18.4 Å². The highest BCUT2D eigenvalue weighted by Gasteiger charge is 2.42. The summed E-state index contributed by atoms with van der Waals surface area (Å²) in [7, 11) is 0. The van der Waals surface area contributed by atoms with Gasteiger partial charge in [0, 0.05) is 11.0 Å². The van der Waals surface area contributed by atoms with E-state index in [9.17, 15) is 4.39 Å². The zero-order valence-corrected chi connectivity index (χ0v) is 9.78. The summed E-state index contributed by atoms with van der Waals surface area (Å²) in [6.07, 6.45) is 2.09. The van der Waals surface area contributed by atoms with Crippen molar-refractivity contribution in [2.75, 3.05) is 19.7 Å². The number of hydrogen-bond donors (Lipinski definition) is 1. The molecule has 1 aromatic rings. The summed E-state index contributed by atoms with van der Waals surface area (Å²) in [5.41, 5.74) is 1.15. The number of fused-ring (bicyclic) bond motifs is 2. The van der Waals surface area contributed by atoms with Crippen molar-refractivity contribution in [1.82, 2.24) is 5.32 Å². The normalized spacial score (nSPS) is 21.1. The molecule has 1 aromatic carbocycles. The summed E-state index contributed by atoms with van der Waals surface area (Å²) in [5, 5.41) is 3.33. The van der Waals surface area contributed by atoms with E-state index < -0.39 is 0 Å². The van der Waals surface area contributed by atoms with Crippen LogP contribution in [0.4, 0.5) is 4.39 Å². The topological polar surface area (TPSA) is 21.3 Å². The third kappa shape index (κ3) is 1.59. The van der Waals surface area contributed by atoms with Crippen LogP contribution >= 0.6 is 12.4 Å². The van der Waals surface area contributed by atoms with Crippen molar-refractivity contribution in [3.05, 3.63) is 29.6 Å². The van der Waals surface area contributed by atoms with Crippen molar-refractivity contribution >= 4 is 12.4 Å². The first kappa shape index (κ1) is 11.7. The quantitative estimate of drug-likeness (QED) is 0.755. The van der Waals surface area contributed by atoms with E-state index in [1.54, 1.807) is 6.07 Å². The second kappa shape index (κ2) is 4.22. The van der Waals surface area contributed by atoms with Gasteiger partial charge in [0.2, 0.25) is 0 Å². The second-order valence-electron chi connectivity index (χ2n) is 4.44. The van der Waals surface area contributed by atoms with Gasteiger partial charge in [-0.25, -0.2) is 4.39 Å². The van der Waals surface area contributed by atoms with Gasteiger partial charge in [-0.3, -0.25) is 0 Å². The van der Waals surface area contributed by atoms with Crippen LogP contribution in [0.5, 0.6) is 5.75 Å². The monoisotopic (exact) mass is 243 g/mol. The maximum Gasteiger partial charge on any atom is 0.165 e. The minimum atomic E-state index is -0.220. The predicted octanol–water partition coefficient (Wildman–Crippen LogP) is 2.26. The predicted molar refractivity (Wildman–Crippen MR) is 62.9 cm³/mol. The van der Waals surface area contributed by atoms with Gasteiger partial charge in [-0.2, -0.15) is 0 Å². The molecule has 0 amide bonds. The van der Waals surface area contributed by atoms with Crippen molar-refractivity contribution in [3.8, 4) is 5.75 Å². The molecule has 0 atom stereocenters. The first-order valence-corrected chi connectivity index (χ1v) is 5.44. The minimum Gasteiger partial charge on any atom is -0.489 e. The largest absolute Gasteiger partial charge is 0.489 e. The number of ether oxygens (including phenoxy) is 1. The highest BCUT2D eigenvalue weighted by molar-refractivity contribution is 5.85. The Balaban J connectivity index is 0.000000963. The molecule has 0 radical (unpaired) electrons. The average Bonchev–Trinajstić information content (AvgIpc) is 2.61. The molecular weight excluding hydrogens is 229 g/mol. The lowest BCUT2D eigenvalue weighted by Gasteiger charge is -2.32. The highest BCUT2D eigenvalue weighted by Crippen LogP contribution is 2.45. The van der Waals surface area contributed by atoms with E-state index in [-0.39, 0.29) is 23.6 Å². The van der Waals surface area contributed by atoms with Crippen molar-refractivity contribution in [2.45, 2.75) is 18.3 Å². The molecule has 3 rings (SSSR count). The van der Waals surface area contributed by atoms with Gasteiger partial charge in [0.25, 0.3) is 0 Å². The lowest BCUT2D eigenvalue weighted by atomic mass is 9.75. The van der Waals surface area contributed by atoms with Crippen LogP contribution < -0.4 is 10.1 Å². The Bertz CT molecular complexity index is 391. The summed E-state index contributed by atoms with van der Waals surface area (Å²) in [6.45, 7) is 2.64. The maximum absolute atomic E-state index is 13.5. The van der Waals surface area contributed by atoms with E-state index in [1.807, 2.05) is 6.07 Å².